The largest absolute Gasteiger partial charge is 0.411 e. The Morgan fingerprint density at radius 2 is 1.94 bits per heavy atom. The van der Waals surface area contributed by atoms with Crippen LogP contribution in [0, 0.1) is 0 Å². The molecule has 0 atom stereocenters. The first kappa shape index (κ1) is 16.0. The molecule has 0 aromatic rings. The summed E-state index contributed by atoms with van der Waals surface area (Å²) in [7, 11) is 0. The van der Waals surface area contributed by atoms with Crippen LogP contribution in [0.1, 0.15) is 19.3 Å². The smallest absolute Gasteiger partial charge is 0.381 e. The van der Waals surface area contributed by atoms with E-state index in [2.05, 4.69) is 10.1 Å². The van der Waals surface area contributed by atoms with E-state index in [9.17, 15) is 13.2 Å². The standard InChI is InChI=1S/C11H19ClF3NO2/c12-8-10(2-6-17-7-3-10)16-4-1-5-18-9-11(13,14)15/h16H,1-9H2. The van der Waals surface area contributed by atoms with Crippen LogP contribution in [0.5, 0.6) is 0 Å². The van der Waals surface area contributed by atoms with Crippen LogP contribution < -0.4 is 5.32 Å². The van der Waals surface area contributed by atoms with E-state index in [-0.39, 0.29) is 12.1 Å². The molecule has 0 aromatic heterocycles. The van der Waals surface area contributed by atoms with Gasteiger partial charge in [-0.1, -0.05) is 0 Å². The van der Waals surface area contributed by atoms with Gasteiger partial charge in [0.1, 0.15) is 6.61 Å². The molecule has 3 nitrogen and oxygen atoms in total. The molecule has 0 radical (unpaired) electrons. The SMILES string of the molecule is FC(F)(F)COCCCNC1(CCl)CCOCC1. The van der Waals surface area contributed by atoms with E-state index >= 15 is 0 Å². The van der Waals surface area contributed by atoms with Crippen LogP contribution in [0.25, 0.3) is 0 Å². The van der Waals surface area contributed by atoms with Crippen molar-refractivity contribution in [2.45, 2.75) is 31.0 Å². The lowest BCUT2D eigenvalue weighted by atomic mass is 9.92. The quantitative estimate of drug-likeness (QED) is 0.576. The van der Waals surface area contributed by atoms with Gasteiger partial charge in [-0.25, -0.2) is 0 Å². The van der Waals surface area contributed by atoms with E-state index in [0.717, 1.165) is 12.8 Å². The molecule has 0 spiro atoms. The number of hydrogen-bond acceptors (Lipinski definition) is 3. The molecule has 108 valence electrons. The summed E-state index contributed by atoms with van der Waals surface area (Å²) in [5.41, 5.74) is -0.135. The first-order chi connectivity index (χ1) is 8.47. The zero-order chi connectivity index (χ0) is 13.5. The van der Waals surface area contributed by atoms with Gasteiger partial charge in [0.05, 0.1) is 0 Å². The topological polar surface area (TPSA) is 30.5 Å². The predicted octanol–water partition coefficient (Wildman–Crippen LogP) is 2.33. The highest BCUT2D eigenvalue weighted by molar-refractivity contribution is 6.18. The molecule has 1 aliphatic heterocycles. The highest BCUT2D eigenvalue weighted by Gasteiger charge is 2.31. The van der Waals surface area contributed by atoms with Gasteiger partial charge in [-0.2, -0.15) is 13.2 Å². The zero-order valence-corrected chi connectivity index (χ0v) is 10.9. The van der Waals surface area contributed by atoms with Crippen molar-refractivity contribution in [3.05, 3.63) is 0 Å². The number of alkyl halides is 4. The molecule has 1 rings (SSSR count). The third-order valence-corrected chi connectivity index (χ3v) is 3.45. The monoisotopic (exact) mass is 289 g/mol. The average molecular weight is 290 g/mol. The highest BCUT2D eigenvalue weighted by atomic mass is 35.5. The summed E-state index contributed by atoms with van der Waals surface area (Å²) in [6.07, 6.45) is -2.04. The first-order valence-corrected chi connectivity index (χ1v) is 6.54. The molecular weight excluding hydrogens is 271 g/mol. The minimum Gasteiger partial charge on any atom is -0.381 e. The third-order valence-electron chi connectivity index (χ3n) is 2.94. The molecule has 18 heavy (non-hydrogen) atoms. The van der Waals surface area contributed by atoms with Gasteiger partial charge in [-0.05, 0) is 25.8 Å². The minimum atomic E-state index is -4.24. The van der Waals surface area contributed by atoms with E-state index in [1.807, 2.05) is 0 Å². The molecule has 0 amide bonds. The molecule has 1 saturated heterocycles. The van der Waals surface area contributed by atoms with Crippen LogP contribution in [0.3, 0.4) is 0 Å². The number of halogens is 4. The molecule has 0 aliphatic carbocycles. The van der Waals surface area contributed by atoms with E-state index in [1.165, 1.54) is 0 Å². The van der Waals surface area contributed by atoms with Crippen molar-refractivity contribution in [3.8, 4) is 0 Å². The van der Waals surface area contributed by atoms with Crippen molar-refractivity contribution in [2.24, 2.45) is 0 Å². The van der Waals surface area contributed by atoms with Crippen molar-refractivity contribution in [3.63, 3.8) is 0 Å². The Morgan fingerprint density at radius 1 is 1.28 bits per heavy atom. The lowest BCUT2D eigenvalue weighted by Gasteiger charge is -2.36. The Balaban J connectivity index is 2.09. The van der Waals surface area contributed by atoms with E-state index in [1.54, 1.807) is 0 Å². The van der Waals surface area contributed by atoms with Gasteiger partial charge in [-0.3, -0.25) is 0 Å². The van der Waals surface area contributed by atoms with Gasteiger partial charge >= 0.3 is 6.18 Å². The number of hydrogen-bond donors (Lipinski definition) is 1. The van der Waals surface area contributed by atoms with Gasteiger partial charge in [0.15, 0.2) is 0 Å². The molecule has 1 N–H and O–H groups in total. The maximum Gasteiger partial charge on any atom is 0.411 e. The van der Waals surface area contributed by atoms with E-state index in [0.29, 0.717) is 32.1 Å². The van der Waals surface area contributed by atoms with Crippen molar-refractivity contribution < 1.29 is 22.6 Å². The number of rotatable bonds is 7. The second-order valence-electron chi connectivity index (χ2n) is 4.47. The van der Waals surface area contributed by atoms with Crippen LogP contribution in [-0.2, 0) is 9.47 Å². The van der Waals surface area contributed by atoms with Crippen LogP contribution in [-0.4, -0.2) is 50.6 Å². The third kappa shape index (κ3) is 6.22. The summed E-state index contributed by atoms with van der Waals surface area (Å²) in [6, 6.07) is 0. The minimum absolute atomic E-state index is 0.0986. The Bertz CT molecular complexity index is 233. The van der Waals surface area contributed by atoms with Crippen molar-refractivity contribution in [2.75, 3.05) is 38.9 Å². The van der Waals surface area contributed by atoms with E-state index < -0.39 is 12.8 Å². The van der Waals surface area contributed by atoms with Crippen LogP contribution >= 0.6 is 11.6 Å². The maximum atomic E-state index is 11.8. The molecule has 1 fully saturated rings. The van der Waals surface area contributed by atoms with Gasteiger partial charge in [0.2, 0.25) is 0 Å². The average Bonchev–Trinajstić information content (AvgIpc) is 2.33. The molecule has 1 aliphatic rings. The fraction of sp³-hybridized carbons (Fsp3) is 1.00. The fourth-order valence-corrected chi connectivity index (χ4v) is 2.20. The lowest BCUT2D eigenvalue weighted by Crippen LogP contribution is -2.51. The molecule has 7 heteroatoms. The summed E-state index contributed by atoms with van der Waals surface area (Å²) in [5, 5.41) is 3.31. The lowest BCUT2D eigenvalue weighted by molar-refractivity contribution is -0.174. The Hall–Kier alpha value is -0.0400. The molecule has 0 unspecified atom stereocenters. The van der Waals surface area contributed by atoms with Gasteiger partial charge in [-0.15, -0.1) is 11.6 Å². The molecular formula is C11H19ClF3NO2. The summed E-state index contributed by atoms with van der Waals surface area (Å²) in [5.74, 6) is 0.486. The van der Waals surface area contributed by atoms with Crippen molar-refractivity contribution >= 4 is 11.6 Å². The van der Waals surface area contributed by atoms with Crippen LogP contribution in [0.4, 0.5) is 13.2 Å². The summed E-state index contributed by atoms with van der Waals surface area (Å²) < 4.78 is 45.2. The van der Waals surface area contributed by atoms with Gasteiger partial charge in [0, 0.05) is 31.2 Å². The number of ether oxygens (including phenoxy) is 2. The van der Waals surface area contributed by atoms with Crippen LogP contribution in [0.2, 0.25) is 0 Å². The molecule has 0 bridgehead atoms. The molecule has 0 saturated carbocycles. The van der Waals surface area contributed by atoms with Gasteiger partial charge in [0.25, 0.3) is 0 Å². The molecule has 1 heterocycles. The predicted molar refractivity (Wildman–Crippen MR) is 63.0 cm³/mol. The first-order valence-electron chi connectivity index (χ1n) is 6.01. The normalized spacial score (nSPS) is 20.0. The second kappa shape index (κ2) is 7.53. The van der Waals surface area contributed by atoms with Crippen LogP contribution in [0.15, 0.2) is 0 Å². The molecule has 0 aromatic carbocycles. The zero-order valence-electron chi connectivity index (χ0n) is 10.2. The summed E-state index contributed by atoms with van der Waals surface area (Å²) in [6.45, 7) is 0.863. The Morgan fingerprint density at radius 3 is 2.50 bits per heavy atom. The van der Waals surface area contributed by atoms with Crippen molar-refractivity contribution in [1.29, 1.82) is 0 Å². The maximum absolute atomic E-state index is 11.8. The van der Waals surface area contributed by atoms with Gasteiger partial charge < -0.3 is 14.8 Å². The summed E-state index contributed by atoms with van der Waals surface area (Å²) >= 11 is 5.94. The van der Waals surface area contributed by atoms with E-state index in [4.69, 9.17) is 16.3 Å². The summed E-state index contributed by atoms with van der Waals surface area (Å²) in [4.78, 5) is 0. The second-order valence-corrected chi connectivity index (χ2v) is 4.74. The van der Waals surface area contributed by atoms with Crippen molar-refractivity contribution in [1.82, 2.24) is 5.32 Å². The Labute approximate surface area is 110 Å². The Kier molecular flexibility index (Phi) is 6.70. The highest BCUT2D eigenvalue weighted by Crippen LogP contribution is 2.22. The number of nitrogens with one attached hydrogen (secondary N) is 1. The fourth-order valence-electron chi connectivity index (χ4n) is 1.84.